The number of unbranched alkanes of at least 4 members (excludes halogenated alkanes) is 5. The highest BCUT2D eigenvalue weighted by Gasteiger charge is 1.83. The molecule has 0 atom stereocenters. The van der Waals surface area contributed by atoms with E-state index in [2.05, 4.69) is 20.4 Å². The van der Waals surface area contributed by atoms with Crippen LogP contribution in [0.25, 0.3) is 6.08 Å². The van der Waals surface area contributed by atoms with Crippen LogP contribution in [0.1, 0.15) is 57.9 Å². The minimum atomic E-state index is 1.17. The molecule has 90 valence electrons. The third-order valence-corrected chi connectivity index (χ3v) is 2.49. The summed E-state index contributed by atoms with van der Waals surface area (Å²) in [5.74, 6) is 0. The molecule has 0 amide bonds. The van der Waals surface area contributed by atoms with Crippen molar-refractivity contribution >= 4 is 6.08 Å². The Bertz CT molecular complexity index is 229. The highest BCUT2D eigenvalue weighted by Crippen LogP contribution is 2.03. The Morgan fingerprint density at radius 1 is 0.875 bits per heavy atom. The second-order valence-electron chi connectivity index (χ2n) is 4.03. The summed E-state index contributed by atoms with van der Waals surface area (Å²) in [4.78, 5) is 0. The maximum absolute atomic E-state index is 3.63. The van der Waals surface area contributed by atoms with Gasteiger partial charge in [0.2, 0.25) is 0 Å². The topological polar surface area (TPSA) is 0 Å². The molecule has 0 aliphatic rings. The smallest absolute Gasteiger partial charge is 0.0263 e. The molecule has 0 N–H and O–H groups in total. The Labute approximate surface area is 101 Å². The average molecular weight is 218 g/mol. The molecule has 0 saturated heterocycles. The van der Waals surface area contributed by atoms with E-state index in [0.29, 0.717) is 0 Å². The first-order chi connectivity index (χ1) is 7.85. The van der Waals surface area contributed by atoms with E-state index < -0.39 is 0 Å². The summed E-state index contributed by atoms with van der Waals surface area (Å²) >= 11 is 0. The van der Waals surface area contributed by atoms with Crippen LogP contribution in [-0.4, -0.2) is 0 Å². The fraction of sp³-hybridized carbons (Fsp3) is 0.500. The molecule has 0 unspecified atom stereocenters. The van der Waals surface area contributed by atoms with Gasteiger partial charge in [0.15, 0.2) is 0 Å². The second-order valence-corrected chi connectivity index (χ2v) is 4.03. The van der Waals surface area contributed by atoms with Crippen LogP contribution in [-0.2, 0) is 0 Å². The highest BCUT2D eigenvalue weighted by molar-refractivity contribution is 5.45. The van der Waals surface area contributed by atoms with E-state index in [1.54, 1.807) is 0 Å². The van der Waals surface area contributed by atoms with Crippen molar-refractivity contribution in [1.82, 2.24) is 0 Å². The Morgan fingerprint density at radius 2 is 1.38 bits per heavy atom. The fourth-order valence-corrected chi connectivity index (χ4v) is 1.44. The predicted molar refractivity (Wildman–Crippen MR) is 75.6 cm³/mol. The van der Waals surface area contributed by atoms with E-state index in [4.69, 9.17) is 0 Å². The Balaban J connectivity index is 0.000000281. The fourth-order valence-electron chi connectivity index (χ4n) is 1.44. The number of hydrogen-bond acceptors (Lipinski definition) is 0. The van der Waals surface area contributed by atoms with E-state index in [9.17, 15) is 0 Å². The molecule has 1 aromatic carbocycles. The first-order valence-corrected chi connectivity index (χ1v) is 6.52. The molecule has 0 aliphatic carbocycles. The first-order valence-electron chi connectivity index (χ1n) is 6.52. The maximum Gasteiger partial charge on any atom is -0.0263 e. The van der Waals surface area contributed by atoms with E-state index >= 15 is 0 Å². The number of benzene rings is 1. The summed E-state index contributed by atoms with van der Waals surface area (Å²) < 4.78 is 0. The van der Waals surface area contributed by atoms with Crippen molar-refractivity contribution in [2.75, 3.05) is 0 Å². The van der Waals surface area contributed by atoms with Gasteiger partial charge in [-0.05, 0) is 5.56 Å². The van der Waals surface area contributed by atoms with Gasteiger partial charge in [0.1, 0.15) is 0 Å². The summed E-state index contributed by atoms with van der Waals surface area (Å²) in [6, 6.07) is 10.0. The average Bonchev–Trinajstić information content (AvgIpc) is 2.36. The third-order valence-electron chi connectivity index (χ3n) is 2.49. The van der Waals surface area contributed by atoms with Crippen molar-refractivity contribution in [2.24, 2.45) is 0 Å². The zero-order valence-electron chi connectivity index (χ0n) is 10.9. The molecule has 0 bridgehead atoms. The molecule has 0 saturated carbocycles. The Kier molecular flexibility index (Phi) is 11.2. The summed E-state index contributed by atoms with van der Waals surface area (Å²) in [6.45, 7) is 8.14. The lowest BCUT2D eigenvalue weighted by molar-refractivity contribution is 0.624. The quantitative estimate of drug-likeness (QED) is 0.537. The van der Waals surface area contributed by atoms with Gasteiger partial charge >= 0.3 is 0 Å². The molecular weight excluding hydrogens is 192 g/mol. The van der Waals surface area contributed by atoms with E-state index in [1.807, 2.05) is 36.4 Å². The van der Waals surface area contributed by atoms with Crippen LogP contribution in [0.3, 0.4) is 0 Å². The molecule has 0 heterocycles. The molecule has 0 heteroatoms. The van der Waals surface area contributed by atoms with Gasteiger partial charge in [-0.2, -0.15) is 0 Å². The summed E-state index contributed by atoms with van der Waals surface area (Å²) in [6.07, 6.45) is 10.3. The third kappa shape index (κ3) is 9.51. The Morgan fingerprint density at radius 3 is 1.69 bits per heavy atom. The van der Waals surface area contributed by atoms with Gasteiger partial charge in [0.25, 0.3) is 0 Å². The normalized spacial score (nSPS) is 9.12. The second kappa shape index (κ2) is 12.0. The molecule has 0 aromatic heterocycles. The largest absolute Gasteiger partial charge is 0.0985 e. The minimum Gasteiger partial charge on any atom is -0.0985 e. The lowest BCUT2D eigenvalue weighted by Gasteiger charge is -1.93. The Hall–Kier alpha value is -1.04. The van der Waals surface area contributed by atoms with Gasteiger partial charge in [-0.15, -0.1) is 0 Å². The zero-order valence-corrected chi connectivity index (χ0v) is 10.9. The van der Waals surface area contributed by atoms with Crippen molar-refractivity contribution in [1.29, 1.82) is 0 Å². The lowest BCUT2D eigenvalue weighted by Crippen LogP contribution is -1.73. The lowest BCUT2D eigenvalue weighted by atomic mass is 10.1. The molecule has 0 nitrogen and oxygen atoms in total. The van der Waals surface area contributed by atoms with Gasteiger partial charge in [-0.1, -0.05) is 95.4 Å². The van der Waals surface area contributed by atoms with Crippen LogP contribution in [0.4, 0.5) is 0 Å². The summed E-state index contributed by atoms with van der Waals surface area (Å²) in [7, 11) is 0. The highest BCUT2D eigenvalue weighted by atomic mass is 13.9. The molecule has 0 fully saturated rings. The zero-order chi connectivity index (χ0) is 12.1. The van der Waals surface area contributed by atoms with Crippen molar-refractivity contribution in [3.05, 3.63) is 42.5 Å². The van der Waals surface area contributed by atoms with E-state index in [0.717, 1.165) is 0 Å². The molecule has 1 aromatic rings. The van der Waals surface area contributed by atoms with Gasteiger partial charge in [0.05, 0.1) is 0 Å². The van der Waals surface area contributed by atoms with Gasteiger partial charge in [-0.25, -0.2) is 0 Å². The van der Waals surface area contributed by atoms with Crippen LogP contribution in [0, 0.1) is 0 Å². The number of rotatable bonds is 6. The molecular formula is C16H26. The maximum atomic E-state index is 3.63. The van der Waals surface area contributed by atoms with Crippen LogP contribution >= 0.6 is 0 Å². The molecule has 0 spiro atoms. The van der Waals surface area contributed by atoms with Gasteiger partial charge < -0.3 is 0 Å². The minimum absolute atomic E-state index is 1.17. The predicted octanol–water partition coefficient (Wildman–Crippen LogP) is 5.70. The standard InChI is InChI=1S/C8H8.C8H18/c1-2-8-6-4-3-5-7-8;1-3-5-7-8-6-4-2/h2-7H,1H2;3-8H2,1-2H3. The van der Waals surface area contributed by atoms with Crippen LogP contribution in [0.2, 0.25) is 0 Å². The van der Waals surface area contributed by atoms with E-state index in [-0.39, 0.29) is 0 Å². The van der Waals surface area contributed by atoms with Crippen molar-refractivity contribution in [3.63, 3.8) is 0 Å². The van der Waals surface area contributed by atoms with Crippen molar-refractivity contribution in [3.8, 4) is 0 Å². The number of hydrogen-bond donors (Lipinski definition) is 0. The van der Waals surface area contributed by atoms with Crippen LogP contribution in [0.5, 0.6) is 0 Å². The van der Waals surface area contributed by atoms with Crippen LogP contribution in [0.15, 0.2) is 36.9 Å². The van der Waals surface area contributed by atoms with Gasteiger partial charge in [0, 0.05) is 0 Å². The van der Waals surface area contributed by atoms with Crippen LogP contribution < -0.4 is 0 Å². The summed E-state index contributed by atoms with van der Waals surface area (Å²) in [5, 5.41) is 0. The molecule has 16 heavy (non-hydrogen) atoms. The first kappa shape index (κ1) is 15.0. The molecule has 0 radical (unpaired) electrons. The summed E-state index contributed by atoms with van der Waals surface area (Å²) in [5.41, 5.74) is 1.17. The van der Waals surface area contributed by atoms with Crippen molar-refractivity contribution in [2.45, 2.75) is 52.4 Å². The molecule has 1 rings (SSSR count). The SMILES string of the molecule is C=Cc1ccccc1.CCCCCCCC. The monoisotopic (exact) mass is 218 g/mol. The van der Waals surface area contributed by atoms with Crippen molar-refractivity contribution < 1.29 is 0 Å². The van der Waals surface area contributed by atoms with Gasteiger partial charge in [-0.3, -0.25) is 0 Å². The van der Waals surface area contributed by atoms with E-state index in [1.165, 1.54) is 44.1 Å². The molecule has 0 aliphatic heterocycles.